The quantitative estimate of drug-likeness (QED) is 0.451. The van der Waals surface area contributed by atoms with Crippen molar-refractivity contribution in [2.24, 2.45) is 11.8 Å². The maximum atomic E-state index is 14.6. The van der Waals surface area contributed by atoms with E-state index in [1.807, 2.05) is 39.0 Å². The van der Waals surface area contributed by atoms with Crippen LogP contribution in [0, 0.1) is 25.7 Å². The van der Waals surface area contributed by atoms with Crippen LogP contribution >= 0.6 is 0 Å². The molecule has 2 bridgehead atoms. The van der Waals surface area contributed by atoms with Crippen LogP contribution in [0.25, 0.3) is 0 Å². The van der Waals surface area contributed by atoms with Gasteiger partial charge in [0.15, 0.2) is 0 Å². The summed E-state index contributed by atoms with van der Waals surface area (Å²) in [5.74, 6) is -2.13. The largest absolute Gasteiger partial charge is 0.394 e. The number of amides is 3. The van der Waals surface area contributed by atoms with Crippen molar-refractivity contribution in [2.75, 3.05) is 31.1 Å². The van der Waals surface area contributed by atoms with Gasteiger partial charge in [-0.3, -0.25) is 14.4 Å². The van der Waals surface area contributed by atoms with E-state index in [1.165, 1.54) is 4.90 Å². The van der Waals surface area contributed by atoms with Gasteiger partial charge >= 0.3 is 0 Å². The van der Waals surface area contributed by atoms with Gasteiger partial charge in [0.2, 0.25) is 11.8 Å². The van der Waals surface area contributed by atoms with Crippen LogP contribution < -0.4 is 4.90 Å². The minimum atomic E-state index is -1.12. The molecule has 2 unspecified atom stereocenters. The highest BCUT2D eigenvalue weighted by Gasteiger charge is 2.75. The van der Waals surface area contributed by atoms with Crippen LogP contribution in [0.5, 0.6) is 0 Å². The molecule has 8 heteroatoms. The smallest absolute Gasteiger partial charge is 0.253 e. The number of aryl methyl sites for hydroxylation is 2. The molecule has 3 aliphatic heterocycles. The molecule has 4 rings (SSSR count). The van der Waals surface area contributed by atoms with Crippen molar-refractivity contribution in [2.45, 2.75) is 70.7 Å². The number of likely N-dealkylation sites (tertiary alicyclic amines) is 1. The van der Waals surface area contributed by atoms with Crippen LogP contribution in [0.3, 0.4) is 0 Å². The highest BCUT2D eigenvalue weighted by molar-refractivity contribution is 6.05. The zero-order valence-electron chi connectivity index (χ0n) is 23.1. The molecule has 6 atom stereocenters. The van der Waals surface area contributed by atoms with Gasteiger partial charge in [0.25, 0.3) is 5.91 Å². The van der Waals surface area contributed by atoms with Crippen molar-refractivity contribution in [1.29, 1.82) is 0 Å². The number of rotatable bonds is 11. The Morgan fingerprint density at radius 2 is 1.87 bits per heavy atom. The SMILES string of the molecule is C=CCN(CCC)C(=O)[C@@H]1[C@@H]2CCC3(O2)C(C(=O)N(CC=C)c2c(C)cccc2C)N([C@H](C)CO)C(=O)[C@H]13. The molecule has 38 heavy (non-hydrogen) atoms. The van der Waals surface area contributed by atoms with Gasteiger partial charge in [0, 0.05) is 25.3 Å². The molecule has 3 saturated heterocycles. The fraction of sp³-hybridized carbons (Fsp3) is 0.567. The van der Waals surface area contributed by atoms with E-state index in [0.29, 0.717) is 25.9 Å². The Hall–Kier alpha value is -2.97. The average molecular weight is 524 g/mol. The number of carbonyl (C=O) groups excluding carboxylic acids is 3. The molecule has 0 aromatic heterocycles. The zero-order chi connectivity index (χ0) is 27.8. The number of aliphatic hydroxyl groups is 1. The Bertz CT molecular complexity index is 1100. The van der Waals surface area contributed by atoms with Gasteiger partial charge in [-0.05, 0) is 51.2 Å². The highest BCUT2D eigenvalue weighted by Crippen LogP contribution is 2.59. The lowest BCUT2D eigenvalue weighted by Gasteiger charge is -2.39. The highest BCUT2D eigenvalue weighted by atomic mass is 16.5. The fourth-order valence-electron chi connectivity index (χ4n) is 6.94. The van der Waals surface area contributed by atoms with Crippen molar-refractivity contribution < 1.29 is 24.2 Å². The summed E-state index contributed by atoms with van der Waals surface area (Å²) in [6.45, 7) is 16.2. The molecule has 1 N–H and O–H groups in total. The number of para-hydroxylation sites is 1. The molecular weight excluding hydrogens is 482 g/mol. The van der Waals surface area contributed by atoms with Crippen LogP contribution in [0.4, 0.5) is 5.69 Å². The van der Waals surface area contributed by atoms with Crippen molar-refractivity contribution >= 4 is 23.4 Å². The number of ether oxygens (including phenoxy) is 1. The second kappa shape index (κ2) is 11.0. The number of hydrogen-bond donors (Lipinski definition) is 1. The molecule has 3 fully saturated rings. The van der Waals surface area contributed by atoms with Crippen LogP contribution in [-0.2, 0) is 19.1 Å². The maximum Gasteiger partial charge on any atom is 0.253 e. The third kappa shape index (κ3) is 4.28. The van der Waals surface area contributed by atoms with E-state index in [0.717, 1.165) is 23.2 Å². The maximum absolute atomic E-state index is 14.6. The first-order chi connectivity index (χ1) is 18.2. The summed E-state index contributed by atoms with van der Waals surface area (Å²) >= 11 is 0. The number of anilines is 1. The molecule has 3 heterocycles. The Labute approximate surface area is 225 Å². The van der Waals surface area contributed by atoms with E-state index in [-0.39, 0.29) is 30.9 Å². The van der Waals surface area contributed by atoms with Gasteiger partial charge in [-0.15, -0.1) is 13.2 Å². The van der Waals surface area contributed by atoms with Gasteiger partial charge in [-0.1, -0.05) is 37.3 Å². The standard InChI is InChI=1S/C30H41N3O5/c1-7-15-31(16-8-2)27(35)23-22-13-14-30(38-22)24(23)28(36)33(21(6)18-34)26(30)29(37)32(17-9-3)25-19(4)11-10-12-20(25)5/h7,9-12,21-24,26,34H,1,3,8,13-18H2,2,4-6H3/t21-,22+,23-,24+,26?,30?/m1/s1. The molecule has 3 amide bonds. The first-order valence-electron chi connectivity index (χ1n) is 13.7. The van der Waals surface area contributed by atoms with E-state index >= 15 is 0 Å². The van der Waals surface area contributed by atoms with Gasteiger partial charge in [-0.2, -0.15) is 0 Å². The molecule has 1 aromatic rings. The second-order valence-electron chi connectivity index (χ2n) is 10.9. The lowest BCUT2D eigenvalue weighted by Crippen LogP contribution is -2.58. The minimum Gasteiger partial charge on any atom is -0.394 e. The Morgan fingerprint density at radius 3 is 2.45 bits per heavy atom. The van der Waals surface area contributed by atoms with Gasteiger partial charge in [0.05, 0.1) is 30.6 Å². The topological polar surface area (TPSA) is 90.4 Å². The van der Waals surface area contributed by atoms with E-state index in [1.54, 1.807) is 28.9 Å². The van der Waals surface area contributed by atoms with E-state index in [2.05, 4.69) is 13.2 Å². The molecule has 8 nitrogen and oxygen atoms in total. The molecular formula is C30H41N3O5. The number of fused-ring (bicyclic) bond motifs is 1. The van der Waals surface area contributed by atoms with Gasteiger partial charge < -0.3 is 24.5 Å². The van der Waals surface area contributed by atoms with E-state index < -0.39 is 35.6 Å². The molecule has 0 radical (unpaired) electrons. The normalized spacial score (nSPS) is 28.2. The Kier molecular flexibility index (Phi) is 8.14. The number of aliphatic hydroxyl groups excluding tert-OH is 1. The van der Waals surface area contributed by atoms with E-state index in [4.69, 9.17) is 4.74 Å². The second-order valence-corrected chi connectivity index (χ2v) is 10.9. The summed E-state index contributed by atoms with van der Waals surface area (Å²) in [6, 6.07) is 4.28. The van der Waals surface area contributed by atoms with Crippen molar-refractivity contribution in [3.8, 4) is 0 Å². The number of nitrogens with zero attached hydrogens (tertiary/aromatic N) is 3. The molecule has 1 spiro atoms. The number of hydrogen-bond acceptors (Lipinski definition) is 5. The van der Waals surface area contributed by atoms with E-state index in [9.17, 15) is 19.5 Å². The van der Waals surface area contributed by atoms with Crippen LogP contribution in [-0.4, -0.2) is 82.7 Å². The predicted octanol–water partition coefficient (Wildman–Crippen LogP) is 3.00. The summed E-state index contributed by atoms with van der Waals surface area (Å²) in [7, 11) is 0. The Balaban J connectivity index is 1.81. The average Bonchev–Trinajstić information content (AvgIpc) is 3.54. The summed E-state index contributed by atoms with van der Waals surface area (Å²) in [5, 5.41) is 10.1. The third-order valence-corrected chi connectivity index (χ3v) is 8.44. The van der Waals surface area contributed by atoms with Crippen LogP contribution in [0.1, 0.15) is 44.2 Å². The van der Waals surface area contributed by atoms with Crippen molar-refractivity contribution in [3.05, 3.63) is 54.6 Å². The lowest BCUT2D eigenvalue weighted by atomic mass is 9.70. The van der Waals surface area contributed by atoms with Crippen LogP contribution in [0.15, 0.2) is 43.5 Å². The number of carbonyl (C=O) groups is 3. The first-order valence-corrected chi connectivity index (χ1v) is 13.7. The minimum absolute atomic E-state index is 0.126. The summed E-state index contributed by atoms with van der Waals surface area (Å²) in [6.07, 6.45) is 4.83. The number of benzene rings is 1. The van der Waals surface area contributed by atoms with Gasteiger partial charge in [0.1, 0.15) is 11.6 Å². The molecule has 1 aromatic carbocycles. The summed E-state index contributed by atoms with van der Waals surface area (Å²) in [5.41, 5.74) is 1.53. The monoisotopic (exact) mass is 523 g/mol. The van der Waals surface area contributed by atoms with Crippen LogP contribution in [0.2, 0.25) is 0 Å². The molecule has 0 aliphatic carbocycles. The molecule has 3 aliphatic rings. The summed E-state index contributed by atoms with van der Waals surface area (Å²) in [4.78, 5) is 47.5. The molecule has 0 saturated carbocycles. The van der Waals surface area contributed by atoms with Crippen molar-refractivity contribution in [3.63, 3.8) is 0 Å². The zero-order valence-corrected chi connectivity index (χ0v) is 23.1. The first kappa shape index (κ1) is 28.0. The lowest BCUT2D eigenvalue weighted by molar-refractivity contribution is -0.147. The van der Waals surface area contributed by atoms with Gasteiger partial charge in [-0.25, -0.2) is 0 Å². The predicted molar refractivity (Wildman–Crippen MR) is 147 cm³/mol. The fourth-order valence-corrected chi connectivity index (χ4v) is 6.94. The molecule has 206 valence electrons. The third-order valence-electron chi connectivity index (χ3n) is 8.44. The summed E-state index contributed by atoms with van der Waals surface area (Å²) < 4.78 is 6.59. The van der Waals surface area contributed by atoms with Crippen molar-refractivity contribution in [1.82, 2.24) is 9.80 Å². The Morgan fingerprint density at radius 1 is 1.21 bits per heavy atom.